The van der Waals surface area contributed by atoms with E-state index in [9.17, 15) is 9.59 Å². The van der Waals surface area contributed by atoms with Crippen molar-refractivity contribution in [1.29, 1.82) is 0 Å². The predicted octanol–water partition coefficient (Wildman–Crippen LogP) is 0.660. The van der Waals surface area contributed by atoms with E-state index < -0.39 is 0 Å². The lowest BCUT2D eigenvalue weighted by atomic mass is 10.0. The Morgan fingerprint density at radius 2 is 2.11 bits per heavy atom. The molecule has 0 radical (unpaired) electrons. The van der Waals surface area contributed by atoms with Crippen molar-refractivity contribution in [2.75, 3.05) is 18.8 Å². The van der Waals surface area contributed by atoms with Gasteiger partial charge in [-0.2, -0.15) is 11.8 Å². The lowest BCUT2D eigenvalue weighted by Crippen LogP contribution is -2.39. The van der Waals surface area contributed by atoms with Gasteiger partial charge in [0.25, 0.3) is 0 Å². The molecule has 1 aromatic rings. The summed E-state index contributed by atoms with van der Waals surface area (Å²) in [5.41, 5.74) is 0.582. The van der Waals surface area contributed by atoms with E-state index in [0.29, 0.717) is 17.4 Å². The lowest BCUT2D eigenvalue weighted by molar-refractivity contribution is -0.132. The summed E-state index contributed by atoms with van der Waals surface area (Å²) in [4.78, 5) is 25.9. The molecule has 0 aromatic carbocycles. The largest absolute Gasteiger partial charge is 0.390 e. The number of nitrogens with zero attached hydrogens (tertiary/aromatic N) is 4. The molecular formula is C18H28N6O3S. The average Bonchev–Trinajstić information content (AvgIpc) is 3.41. The van der Waals surface area contributed by atoms with E-state index in [4.69, 9.17) is 5.11 Å². The van der Waals surface area contributed by atoms with Gasteiger partial charge < -0.3 is 20.6 Å². The Morgan fingerprint density at radius 3 is 2.86 bits per heavy atom. The van der Waals surface area contributed by atoms with Crippen molar-refractivity contribution in [3.05, 3.63) is 11.9 Å². The number of thioether (sulfide) groups is 1. The van der Waals surface area contributed by atoms with Crippen LogP contribution in [0.3, 0.4) is 0 Å². The molecule has 3 amide bonds. The first-order valence-electron chi connectivity index (χ1n) is 10.1. The number of carbonyl (C=O) groups is 2. The fraction of sp³-hybridized carbons (Fsp3) is 0.778. The number of amides is 3. The van der Waals surface area contributed by atoms with Crippen molar-refractivity contribution in [3.8, 4) is 0 Å². The number of rotatable bonds is 7. The third-order valence-corrected chi connectivity index (χ3v) is 7.49. The number of urea groups is 1. The first-order valence-corrected chi connectivity index (χ1v) is 11.2. The molecular weight excluding hydrogens is 380 g/mol. The van der Waals surface area contributed by atoms with E-state index in [0.717, 1.165) is 50.9 Å². The van der Waals surface area contributed by atoms with Gasteiger partial charge in [-0.25, -0.2) is 9.48 Å². The van der Waals surface area contributed by atoms with Crippen molar-refractivity contribution in [3.63, 3.8) is 0 Å². The van der Waals surface area contributed by atoms with Gasteiger partial charge in [0.15, 0.2) is 0 Å². The van der Waals surface area contributed by atoms with E-state index in [1.807, 2.05) is 21.3 Å². The van der Waals surface area contributed by atoms with E-state index in [-0.39, 0.29) is 36.7 Å². The Morgan fingerprint density at radius 1 is 1.29 bits per heavy atom. The molecule has 3 N–H and O–H groups in total. The number of aromatic nitrogens is 3. The van der Waals surface area contributed by atoms with Gasteiger partial charge in [0.2, 0.25) is 5.91 Å². The second kappa shape index (κ2) is 8.69. The number of fused-ring (bicyclic) bond motifs is 1. The molecule has 0 bridgehead atoms. The van der Waals surface area contributed by atoms with Crippen molar-refractivity contribution in [2.45, 2.75) is 68.5 Å². The number of piperidine rings is 1. The Kier molecular flexibility index (Phi) is 6.05. The number of carbonyl (C=O) groups excluding carboxylic acids is 2. The zero-order valence-corrected chi connectivity index (χ0v) is 16.7. The highest BCUT2D eigenvalue weighted by atomic mass is 32.2. The molecule has 0 unspecified atom stereocenters. The monoisotopic (exact) mass is 408 g/mol. The molecule has 1 aromatic heterocycles. The quantitative estimate of drug-likeness (QED) is 0.451. The summed E-state index contributed by atoms with van der Waals surface area (Å²) in [6.45, 7) is 1.40. The minimum atomic E-state index is -0.0963. The van der Waals surface area contributed by atoms with Crippen molar-refractivity contribution < 1.29 is 14.7 Å². The summed E-state index contributed by atoms with van der Waals surface area (Å²) in [5, 5.41) is 23.5. The molecule has 0 spiro atoms. The van der Waals surface area contributed by atoms with Crippen LogP contribution in [0.15, 0.2) is 6.20 Å². The molecule has 10 heteroatoms. The maximum absolute atomic E-state index is 12.5. The standard InChI is InChI=1S/C18H28N6O3S/c25-10-12-9-24(22-21-12)13-5-7-23(8-6-13)16(26)4-2-1-3-15-17-14(11-28-15)19-18(27)20-17/h9,13-15,17,25H,1-8,10-11H2,(H2,19,20,27)/t14-,15-,17-/m0/s1. The number of likely N-dealkylation sites (tertiary alicyclic amines) is 1. The van der Waals surface area contributed by atoms with Gasteiger partial charge in [-0.3, -0.25) is 4.79 Å². The summed E-state index contributed by atoms with van der Waals surface area (Å²) < 4.78 is 1.82. The van der Waals surface area contributed by atoms with Crippen LogP contribution in [0.4, 0.5) is 4.79 Å². The summed E-state index contributed by atoms with van der Waals surface area (Å²) >= 11 is 1.92. The van der Waals surface area contributed by atoms with Gasteiger partial charge in [0.05, 0.1) is 30.9 Å². The Hall–Kier alpha value is -1.81. The zero-order valence-electron chi connectivity index (χ0n) is 15.9. The van der Waals surface area contributed by atoms with E-state index in [2.05, 4.69) is 20.9 Å². The Bertz CT molecular complexity index is 705. The summed E-state index contributed by atoms with van der Waals surface area (Å²) in [6.07, 6.45) is 7.08. The molecule has 4 heterocycles. The molecule has 3 saturated heterocycles. The van der Waals surface area contributed by atoms with E-state index in [1.54, 1.807) is 6.20 Å². The van der Waals surface area contributed by atoms with Crippen molar-refractivity contribution in [1.82, 2.24) is 30.5 Å². The topological polar surface area (TPSA) is 112 Å². The van der Waals surface area contributed by atoms with Gasteiger partial charge in [0, 0.05) is 30.5 Å². The van der Waals surface area contributed by atoms with Crippen molar-refractivity contribution >= 4 is 23.7 Å². The molecule has 9 nitrogen and oxygen atoms in total. The summed E-state index contributed by atoms with van der Waals surface area (Å²) in [7, 11) is 0. The molecule has 28 heavy (non-hydrogen) atoms. The molecule has 0 aliphatic carbocycles. The van der Waals surface area contributed by atoms with E-state index in [1.165, 1.54) is 0 Å². The van der Waals surface area contributed by atoms with Crippen LogP contribution in [0.2, 0.25) is 0 Å². The third-order valence-electron chi connectivity index (χ3n) is 5.98. The highest BCUT2D eigenvalue weighted by Gasteiger charge is 2.42. The number of aliphatic hydroxyl groups excluding tert-OH is 1. The van der Waals surface area contributed by atoms with Crippen LogP contribution in [-0.2, 0) is 11.4 Å². The van der Waals surface area contributed by atoms with Crippen LogP contribution in [0, 0.1) is 0 Å². The van der Waals surface area contributed by atoms with Crippen LogP contribution >= 0.6 is 11.8 Å². The number of aliphatic hydroxyl groups is 1. The molecule has 0 saturated carbocycles. The zero-order chi connectivity index (χ0) is 19.5. The van der Waals surface area contributed by atoms with Gasteiger partial charge in [-0.1, -0.05) is 11.6 Å². The van der Waals surface area contributed by atoms with Crippen LogP contribution in [0.5, 0.6) is 0 Å². The van der Waals surface area contributed by atoms with Crippen LogP contribution < -0.4 is 10.6 Å². The fourth-order valence-electron chi connectivity index (χ4n) is 4.37. The third kappa shape index (κ3) is 4.27. The minimum absolute atomic E-state index is 0.0441. The Balaban J connectivity index is 1.14. The molecule has 3 fully saturated rings. The van der Waals surface area contributed by atoms with E-state index >= 15 is 0 Å². The van der Waals surface area contributed by atoms with Crippen LogP contribution in [0.1, 0.15) is 50.3 Å². The number of nitrogens with one attached hydrogen (secondary N) is 2. The smallest absolute Gasteiger partial charge is 0.315 e. The average molecular weight is 409 g/mol. The second-order valence-corrected chi connectivity index (χ2v) is 9.10. The maximum Gasteiger partial charge on any atom is 0.315 e. The summed E-state index contributed by atoms with van der Waals surface area (Å²) in [5.74, 6) is 1.22. The highest BCUT2D eigenvalue weighted by molar-refractivity contribution is 8.00. The lowest BCUT2D eigenvalue weighted by Gasteiger charge is -2.32. The predicted molar refractivity (Wildman–Crippen MR) is 105 cm³/mol. The van der Waals surface area contributed by atoms with Gasteiger partial charge in [0.1, 0.15) is 5.69 Å². The highest BCUT2D eigenvalue weighted by Crippen LogP contribution is 2.33. The van der Waals surface area contributed by atoms with Crippen LogP contribution in [0.25, 0.3) is 0 Å². The first-order chi connectivity index (χ1) is 13.6. The minimum Gasteiger partial charge on any atom is -0.390 e. The van der Waals surface area contributed by atoms with Gasteiger partial charge in [-0.05, 0) is 25.7 Å². The normalized spacial score (nSPS) is 27.5. The summed E-state index contributed by atoms with van der Waals surface area (Å²) in [6, 6.07) is 0.719. The van der Waals surface area contributed by atoms with Crippen molar-refractivity contribution in [2.24, 2.45) is 0 Å². The number of unbranched alkanes of at least 4 members (excludes halogenated alkanes) is 1. The second-order valence-electron chi connectivity index (χ2n) is 7.83. The fourth-order valence-corrected chi connectivity index (χ4v) is 5.91. The molecule has 3 aliphatic rings. The van der Waals surface area contributed by atoms with Gasteiger partial charge in [-0.15, -0.1) is 5.10 Å². The molecule has 3 atom stereocenters. The molecule has 3 aliphatic heterocycles. The molecule has 154 valence electrons. The Labute approximate surface area is 168 Å². The first kappa shape index (κ1) is 19.5. The SMILES string of the molecule is O=C1N[C@H]2[C@H](CS[C@H]2CCCCC(=O)N2CCC(n3cc(CO)nn3)CC2)N1. The maximum atomic E-state index is 12.5. The number of hydrogen-bond acceptors (Lipinski definition) is 6. The molecule has 4 rings (SSSR count). The number of hydrogen-bond donors (Lipinski definition) is 3. The van der Waals surface area contributed by atoms with Gasteiger partial charge >= 0.3 is 6.03 Å². The van der Waals surface area contributed by atoms with Crippen LogP contribution in [-0.4, -0.2) is 73.1 Å².